The molecule has 0 aliphatic heterocycles. The molecule has 2 unspecified atom stereocenters. The third kappa shape index (κ3) is 6.24. The van der Waals surface area contributed by atoms with Gasteiger partial charge in [0.25, 0.3) is 0 Å². The maximum Gasteiger partial charge on any atom is 0.572 e. The van der Waals surface area contributed by atoms with Crippen LogP contribution in [-0.2, 0) is 9.45 Å². The second-order valence-corrected chi connectivity index (χ2v) is 4.30. The number of nitrogens with two attached hydrogens (primary N) is 2. The van der Waals surface area contributed by atoms with E-state index in [2.05, 4.69) is 0 Å². The van der Waals surface area contributed by atoms with Gasteiger partial charge in [-0.05, 0) is 25.1 Å². The van der Waals surface area contributed by atoms with Gasteiger partial charge in [0.1, 0.15) is 6.10 Å². The summed E-state index contributed by atoms with van der Waals surface area (Å²) in [5.74, 6) is -0.247. The number of nitrogens with zero attached hydrogens (tertiary/aromatic N) is 1. The van der Waals surface area contributed by atoms with E-state index in [9.17, 15) is 14.9 Å². The average molecular weight is 294 g/mol. The van der Waals surface area contributed by atoms with Crippen LogP contribution in [0.15, 0.2) is 30.3 Å². The average Bonchev–Trinajstić information content (AvgIpc) is 2.45. The Morgan fingerprint density at radius 3 is 2.57 bits per heavy atom. The molecule has 1 rings (SSSR count). The van der Waals surface area contributed by atoms with Gasteiger partial charge in [-0.3, -0.25) is 14.9 Å². The number of nitro groups is 1. The summed E-state index contributed by atoms with van der Waals surface area (Å²) >= 11 is 0. The van der Waals surface area contributed by atoms with Crippen LogP contribution in [0.3, 0.4) is 0 Å². The highest BCUT2D eigenvalue weighted by Gasteiger charge is 2.33. The van der Waals surface area contributed by atoms with Crippen LogP contribution >= 0.6 is 0 Å². The van der Waals surface area contributed by atoms with Crippen molar-refractivity contribution in [3.05, 3.63) is 40.4 Å². The first kappa shape index (κ1) is 16.9. The minimum absolute atomic E-state index is 0.174. The van der Waals surface area contributed by atoms with Crippen LogP contribution in [0, 0.1) is 10.1 Å². The van der Waals surface area contributed by atoms with Crippen molar-refractivity contribution >= 4 is 13.6 Å². The minimum Gasteiger partial charge on any atom is -0.537 e. The second kappa shape index (κ2) is 8.93. The molecular formula is C12H17BN3O5. The normalized spacial score (nSPS) is 13.2. The molecule has 8 nitrogen and oxygen atoms in total. The van der Waals surface area contributed by atoms with Crippen LogP contribution in [0.4, 0.5) is 0 Å². The molecule has 2 atom stereocenters. The zero-order valence-corrected chi connectivity index (χ0v) is 11.4. The summed E-state index contributed by atoms with van der Waals surface area (Å²) in [6.45, 7) is 0.174. The number of carbonyl (C=O) groups excluding carboxylic acids is 1. The molecule has 1 aromatic carbocycles. The minimum atomic E-state index is -1.26. The van der Waals surface area contributed by atoms with Crippen molar-refractivity contribution < 1.29 is 19.0 Å². The fourth-order valence-electron chi connectivity index (χ4n) is 1.72. The zero-order valence-electron chi connectivity index (χ0n) is 11.4. The van der Waals surface area contributed by atoms with Gasteiger partial charge in [0.2, 0.25) is 11.9 Å². The number of rotatable bonds is 10. The van der Waals surface area contributed by atoms with E-state index in [-0.39, 0.29) is 13.0 Å². The van der Waals surface area contributed by atoms with Crippen molar-refractivity contribution in [2.45, 2.75) is 25.0 Å². The summed E-state index contributed by atoms with van der Waals surface area (Å²) < 4.78 is 10.4. The quantitative estimate of drug-likeness (QED) is 0.350. The molecular weight excluding hydrogens is 277 g/mol. The number of primary amides is 1. The first-order chi connectivity index (χ1) is 10.0. The van der Waals surface area contributed by atoms with Crippen LogP contribution in [0.25, 0.3) is 0 Å². The van der Waals surface area contributed by atoms with Gasteiger partial charge in [-0.2, -0.15) is 0 Å². The summed E-state index contributed by atoms with van der Waals surface area (Å²) in [4.78, 5) is 21.3. The Bertz CT molecular complexity index is 459. The van der Waals surface area contributed by atoms with E-state index < -0.39 is 29.4 Å². The Kier molecular flexibility index (Phi) is 7.20. The Balaban J connectivity index is 2.58. The number of hydrogen-bond acceptors (Lipinski definition) is 6. The molecule has 0 fully saturated rings. The van der Waals surface area contributed by atoms with Crippen molar-refractivity contribution in [3.63, 3.8) is 0 Å². The van der Waals surface area contributed by atoms with Gasteiger partial charge in [0.05, 0.1) is 12.2 Å². The molecule has 1 radical (unpaired) electrons. The fraction of sp³-hybridized carbons (Fsp3) is 0.417. The Labute approximate surface area is 122 Å². The highest BCUT2D eigenvalue weighted by atomic mass is 16.6. The molecule has 0 heterocycles. The molecule has 0 aliphatic rings. The highest BCUT2D eigenvalue weighted by Crippen LogP contribution is 2.12. The summed E-state index contributed by atoms with van der Waals surface area (Å²) in [5.41, 5.74) is 10.4. The second-order valence-electron chi connectivity index (χ2n) is 4.30. The third-order valence-electron chi connectivity index (χ3n) is 2.72. The lowest BCUT2D eigenvalue weighted by molar-refractivity contribution is -0.532. The van der Waals surface area contributed by atoms with Crippen molar-refractivity contribution in [3.8, 4) is 5.75 Å². The van der Waals surface area contributed by atoms with E-state index in [0.29, 0.717) is 5.75 Å². The van der Waals surface area contributed by atoms with Crippen LogP contribution in [0.2, 0.25) is 0 Å². The predicted octanol–water partition coefficient (Wildman–Crippen LogP) is -0.146. The van der Waals surface area contributed by atoms with Gasteiger partial charge < -0.3 is 20.8 Å². The maximum absolute atomic E-state index is 11.0. The maximum atomic E-state index is 11.0. The van der Waals surface area contributed by atoms with Gasteiger partial charge in [0.15, 0.2) is 0 Å². The van der Waals surface area contributed by atoms with Gasteiger partial charge in [-0.1, -0.05) is 18.2 Å². The summed E-state index contributed by atoms with van der Waals surface area (Å²) in [6, 6.07) is 7.50. The van der Waals surface area contributed by atoms with Crippen LogP contribution in [0.1, 0.15) is 12.8 Å². The summed E-state index contributed by atoms with van der Waals surface area (Å²) in [6.07, 6.45) is -1.11. The fourth-order valence-corrected chi connectivity index (χ4v) is 1.72. The van der Waals surface area contributed by atoms with Crippen LogP contribution in [0.5, 0.6) is 5.75 Å². The van der Waals surface area contributed by atoms with Crippen molar-refractivity contribution in [1.29, 1.82) is 0 Å². The van der Waals surface area contributed by atoms with E-state index in [1.807, 2.05) is 6.07 Å². The van der Waals surface area contributed by atoms with E-state index in [1.165, 1.54) is 0 Å². The largest absolute Gasteiger partial charge is 0.572 e. The zero-order chi connectivity index (χ0) is 15.7. The molecule has 0 saturated heterocycles. The van der Waals surface area contributed by atoms with Crippen LogP contribution < -0.4 is 16.1 Å². The first-order valence-electron chi connectivity index (χ1n) is 6.35. The SMILES string of the molecule is NCCC(O[B]Oc1ccccc1)C(CC(N)=O)[N+](=O)[O-]. The van der Waals surface area contributed by atoms with Gasteiger partial charge in [0, 0.05) is 4.92 Å². The van der Waals surface area contributed by atoms with E-state index in [0.717, 1.165) is 7.69 Å². The molecule has 9 heteroatoms. The van der Waals surface area contributed by atoms with E-state index >= 15 is 0 Å². The van der Waals surface area contributed by atoms with Gasteiger partial charge >= 0.3 is 7.69 Å². The number of carbonyl (C=O) groups is 1. The van der Waals surface area contributed by atoms with Crippen molar-refractivity contribution in [2.75, 3.05) is 6.54 Å². The lowest BCUT2D eigenvalue weighted by Gasteiger charge is -2.19. The molecule has 0 bridgehead atoms. The van der Waals surface area contributed by atoms with Crippen molar-refractivity contribution in [2.24, 2.45) is 11.5 Å². The van der Waals surface area contributed by atoms with Gasteiger partial charge in [-0.15, -0.1) is 0 Å². The third-order valence-corrected chi connectivity index (χ3v) is 2.72. The molecule has 0 spiro atoms. The Morgan fingerprint density at radius 2 is 2.05 bits per heavy atom. The molecule has 113 valence electrons. The molecule has 0 aromatic heterocycles. The number of para-hydroxylation sites is 1. The number of benzene rings is 1. The lowest BCUT2D eigenvalue weighted by Crippen LogP contribution is -2.41. The first-order valence-corrected chi connectivity index (χ1v) is 6.35. The Hall–Kier alpha value is -2.13. The molecule has 4 N–H and O–H groups in total. The predicted molar refractivity (Wildman–Crippen MR) is 76.0 cm³/mol. The number of hydrogen-bond donors (Lipinski definition) is 2. The summed E-state index contributed by atoms with van der Waals surface area (Å²) in [7, 11) is 1.01. The smallest absolute Gasteiger partial charge is 0.537 e. The molecule has 0 saturated carbocycles. The monoisotopic (exact) mass is 294 g/mol. The van der Waals surface area contributed by atoms with Crippen molar-refractivity contribution in [1.82, 2.24) is 0 Å². The number of amides is 1. The van der Waals surface area contributed by atoms with E-state index in [4.69, 9.17) is 20.8 Å². The molecule has 1 aromatic rings. The van der Waals surface area contributed by atoms with E-state index in [1.54, 1.807) is 24.3 Å². The van der Waals surface area contributed by atoms with Gasteiger partial charge in [-0.25, -0.2) is 0 Å². The topological polar surface area (TPSA) is 131 Å². The summed E-state index contributed by atoms with van der Waals surface area (Å²) in [5, 5.41) is 11.0. The lowest BCUT2D eigenvalue weighted by atomic mass is 10.0. The van der Waals surface area contributed by atoms with Crippen LogP contribution in [-0.4, -0.2) is 37.2 Å². The Morgan fingerprint density at radius 1 is 1.38 bits per heavy atom. The molecule has 0 aliphatic carbocycles. The molecule has 1 amide bonds. The standard InChI is InChI=1S/C12H17BN3O5/c14-7-6-11(10(16(18)19)8-12(15)17)21-13-20-9-4-2-1-3-5-9/h1-5,10-11H,6-8,14H2,(H2,15,17). The molecule has 21 heavy (non-hydrogen) atoms. The highest BCUT2D eigenvalue weighted by molar-refractivity contribution is 6.19.